The van der Waals surface area contributed by atoms with Crippen molar-refractivity contribution in [1.82, 2.24) is 19.6 Å². The van der Waals surface area contributed by atoms with Crippen molar-refractivity contribution in [2.75, 3.05) is 14.2 Å². The molecule has 9 heteroatoms. The summed E-state index contributed by atoms with van der Waals surface area (Å²) in [5.41, 5.74) is 4.48. The Morgan fingerprint density at radius 1 is 0.927 bits per heavy atom. The van der Waals surface area contributed by atoms with Gasteiger partial charge in [0.25, 0.3) is 0 Å². The molecule has 1 aliphatic heterocycles. The molecule has 0 fully saturated rings. The van der Waals surface area contributed by atoms with Crippen molar-refractivity contribution in [3.8, 4) is 23.1 Å². The summed E-state index contributed by atoms with van der Waals surface area (Å²) < 4.78 is 18.8. The molecule has 0 amide bonds. The zero-order valence-electron chi connectivity index (χ0n) is 22.4. The van der Waals surface area contributed by atoms with Crippen LogP contribution in [0, 0.1) is 0 Å². The molecule has 0 N–H and O–H groups in total. The second-order valence-corrected chi connectivity index (χ2v) is 9.53. The maximum Gasteiger partial charge on any atom is 0.228 e. The maximum atomic E-state index is 6.48. The van der Waals surface area contributed by atoms with Crippen LogP contribution in [0.15, 0.2) is 96.4 Å². The summed E-state index contributed by atoms with van der Waals surface area (Å²) in [5.74, 6) is 2.92. The molecule has 202 valence electrons. The minimum absolute atomic E-state index is 0.0817. The van der Waals surface area contributed by atoms with E-state index in [0.717, 1.165) is 38.8 Å². The monoisotopic (exact) mass is 543 g/mol. The topological polar surface area (TPSA) is 92.4 Å². The van der Waals surface area contributed by atoms with Gasteiger partial charge in [-0.25, -0.2) is 14.5 Å². The molecule has 0 radical (unpaired) electrons. The highest BCUT2D eigenvalue weighted by Crippen LogP contribution is 2.50. The van der Waals surface area contributed by atoms with Gasteiger partial charge in [-0.1, -0.05) is 71.9 Å². The minimum Gasteiger partial charge on any atom is -0.493 e. The predicted molar refractivity (Wildman–Crippen MR) is 154 cm³/mol. The molecule has 2 aromatic heterocycles. The molecule has 0 saturated carbocycles. The molecule has 6 aromatic rings. The number of rotatable bonds is 7. The molecule has 4 aromatic carbocycles. The van der Waals surface area contributed by atoms with E-state index in [2.05, 4.69) is 51.6 Å². The molecule has 0 spiro atoms. The highest BCUT2D eigenvalue weighted by Gasteiger charge is 2.34. The summed E-state index contributed by atoms with van der Waals surface area (Å²) in [7, 11) is 3.18. The summed E-state index contributed by atoms with van der Waals surface area (Å²) in [6, 6.07) is 28.3. The number of benzene rings is 4. The fourth-order valence-electron chi connectivity index (χ4n) is 5.27. The van der Waals surface area contributed by atoms with Crippen LogP contribution in [0.1, 0.15) is 34.0 Å². The van der Waals surface area contributed by atoms with Crippen LogP contribution in [0.5, 0.6) is 23.1 Å². The van der Waals surface area contributed by atoms with E-state index in [1.54, 1.807) is 31.3 Å². The van der Waals surface area contributed by atoms with Gasteiger partial charge in [0, 0.05) is 22.4 Å². The molecule has 0 unspecified atom stereocenters. The molecule has 0 aliphatic carbocycles. The SMILES string of the molecule is COc1ccc(/C=N\OCc2nc3c4c(ncn3n2)Oc2c(ccc3ccccc23)[C@@H]4c2ccccc2)cc1OC. The van der Waals surface area contributed by atoms with Crippen LogP contribution >= 0.6 is 0 Å². The minimum atomic E-state index is -0.142. The van der Waals surface area contributed by atoms with Gasteiger partial charge in [-0.2, -0.15) is 0 Å². The van der Waals surface area contributed by atoms with Crippen molar-refractivity contribution in [2.24, 2.45) is 5.16 Å². The van der Waals surface area contributed by atoms with Gasteiger partial charge in [0.15, 0.2) is 29.6 Å². The molecular weight excluding hydrogens is 518 g/mol. The molecule has 1 aliphatic rings. The summed E-state index contributed by atoms with van der Waals surface area (Å²) in [6.45, 7) is 0.0817. The van der Waals surface area contributed by atoms with Gasteiger partial charge >= 0.3 is 0 Å². The maximum absolute atomic E-state index is 6.48. The molecular formula is C32H25N5O4. The summed E-state index contributed by atoms with van der Waals surface area (Å²) in [4.78, 5) is 15.0. The number of hydrogen-bond donors (Lipinski definition) is 0. The Morgan fingerprint density at radius 2 is 1.76 bits per heavy atom. The Hall–Kier alpha value is -5.44. The first kappa shape index (κ1) is 24.6. The third kappa shape index (κ3) is 4.37. The van der Waals surface area contributed by atoms with E-state index >= 15 is 0 Å². The number of oxime groups is 1. The van der Waals surface area contributed by atoms with Gasteiger partial charge in [-0.15, -0.1) is 5.10 Å². The molecule has 1 atom stereocenters. The average molecular weight is 544 g/mol. The van der Waals surface area contributed by atoms with Crippen LogP contribution in [-0.2, 0) is 11.4 Å². The highest BCUT2D eigenvalue weighted by atomic mass is 16.6. The van der Waals surface area contributed by atoms with Gasteiger partial charge < -0.3 is 19.0 Å². The Balaban J connectivity index is 1.23. The quantitative estimate of drug-likeness (QED) is 0.176. The molecule has 41 heavy (non-hydrogen) atoms. The number of methoxy groups -OCH3 is 2. The average Bonchev–Trinajstić information content (AvgIpc) is 3.45. The highest BCUT2D eigenvalue weighted by molar-refractivity contribution is 5.91. The summed E-state index contributed by atoms with van der Waals surface area (Å²) in [6.07, 6.45) is 3.22. The number of nitrogens with zero attached hydrogens (tertiary/aromatic N) is 5. The Kier molecular flexibility index (Phi) is 6.16. The van der Waals surface area contributed by atoms with Crippen LogP contribution in [0.25, 0.3) is 16.4 Å². The van der Waals surface area contributed by atoms with Crippen molar-refractivity contribution in [3.05, 3.63) is 119 Å². The summed E-state index contributed by atoms with van der Waals surface area (Å²) in [5, 5.41) is 10.8. The first-order valence-electron chi connectivity index (χ1n) is 13.1. The van der Waals surface area contributed by atoms with Gasteiger partial charge in [-0.3, -0.25) is 0 Å². The molecule has 9 nitrogen and oxygen atoms in total. The fourth-order valence-corrected chi connectivity index (χ4v) is 5.27. The third-order valence-electron chi connectivity index (χ3n) is 7.15. The standard InChI is InChI=1S/C32H25N5O4/c1-38-25-15-12-20(16-26(25)39-2)17-34-40-18-27-35-31-29-28(22-9-4-3-5-10-22)24-14-13-21-8-6-7-11-23(21)30(24)41-32(29)33-19-37(31)36-27/h3-17,19,28H,18H2,1-2H3/b34-17-/t28-/m0/s1. The Bertz CT molecular complexity index is 1920. The van der Waals surface area contributed by atoms with Crippen molar-refractivity contribution in [1.29, 1.82) is 0 Å². The largest absolute Gasteiger partial charge is 0.493 e. The fraction of sp³-hybridized carbons (Fsp3) is 0.125. The lowest BCUT2D eigenvalue weighted by Gasteiger charge is -2.28. The molecule has 0 saturated heterocycles. The molecule has 0 bridgehead atoms. The second kappa shape index (κ2) is 10.3. The first-order valence-corrected chi connectivity index (χ1v) is 13.1. The first-order chi connectivity index (χ1) is 20.2. The zero-order chi connectivity index (χ0) is 27.8. The van der Waals surface area contributed by atoms with Crippen LogP contribution in [0.2, 0.25) is 0 Å². The smallest absolute Gasteiger partial charge is 0.228 e. The van der Waals surface area contributed by atoms with Crippen LogP contribution in [-0.4, -0.2) is 40.0 Å². The normalized spacial score (nSPS) is 14.0. The van der Waals surface area contributed by atoms with Crippen LogP contribution in [0.4, 0.5) is 0 Å². The van der Waals surface area contributed by atoms with Crippen molar-refractivity contribution in [2.45, 2.75) is 12.5 Å². The van der Waals surface area contributed by atoms with Crippen molar-refractivity contribution >= 4 is 22.6 Å². The van der Waals surface area contributed by atoms with E-state index < -0.39 is 0 Å². The van der Waals surface area contributed by atoms with Crippen molar-refractivity contribution < 1.29 is 19.0 Å². The van der Waals surface area contributed by atoms with Gasteiger partial charge in [0.2, 0.25) is 5.88 Å². The lowest BCUT2D eigenvalue weighted by atomic mass is 9.83. The number of aromatic nitrogens is 4. The van der Waals surface area contributed by atoms with E-state index in [4.69, 9.17) is 24.0 Å². The lowest BCUT2D eigenvalue weighted by molar-refractivity contribution is 0.126. The Morgan fingerprint density at radius 3 is 2.61 bits per heavy atom. The lowest BCUT2D eigenvalue weighted by Crippen LogP contribution is -2.15. The molecule has 3 heterocycles. The third-order valence-corrected chi connectivity index (χ3v) is 7.15. The van der Waals surface area contributed by atoms with Gasteiger partial charge in [0.05, 0.1) is 26.0 Å². The van der Waals surface area contributed by atoms with Crippen LogP contribution in [0.3, 0.4) is 0 Å². The number of hydrogen-bond acceptors (Lipinski definition) is 8. The van der Waals surface area contributed by atoms with E-state index in [1.165, 1.54) is 0 Å². The second-order valence-electron chi connectivity index (χ2n) is 9.53. The van der Waals surface area contributed by atoms with Crippen LogP contribution < -0.4 is 14.2 Å². The van der Waals surface area contributed by atoms with Gasteiger partial charge in [0.1, 0.15) is 12.1 Å². The predicted octanol–water partition coefficient (Wildman–Crippen LogP) is 6.13. The number of fused-ring (bicyclic) bond motifs is 6. The number of ether oxygens (including phenoxy) is 3. The Labute approximate surface area is 235 Å². The van der Waals surface area contributed by atoms with E-state index in [0.29, 0.717) is 28.9 Å². The summed E-state index contributed by atoms with van der Waals surface area (Å²) >= 11 is 0. The molecule has 7 rings (SSSR count). The van der Waals surface area contributed by atoms with E-state index in [1.807, 2.05) is 48.5 Å². The van der Waals surface area contributed by atoms with E-state index in [9.17, 15) is 0 Å². The van der Waals surface area contributed by atoms with E-state index in [-0.39, 0.29) is 12.5 Å². The van der Waals surface area contributed by atoms with Gasteiger partial charge in [-0.05, 0) is 29.1 Å². The van der Waals surface area contributed by atoms with Crippen molar-refractivity contribution in [3.63, 3.8) is 0 Å². The zero-order valence-corrected chi connectivity index (χ0v) is 22.4.